The molecule has 1 aliphatic carbocycles. The number of piperidine rings is 1. The van der Waals surface area contributed by atoms with E-state index in [0.717, 1.165) is 48.4 Å². The zero-order chi connectivity index (χ0) is 31.2. The molecule has 2 fully saturated rings. The third-order valence-electron chi connectivity index (χ3n) is 8.50. The summed E-state index contributed by atoms with van der Waals surface area (Å²) >= 11 is 1.57. The van der Waals surface area contributed by atoms with Gasteiger partial charge in [-0.15, -0.1) is 0 Å². The summed E-state index contributed by atoms with van der Waals surface area (Å²) in [6.45, 7) is 11.3. The number of carbonyl (C=O) groups is 2. The number of aliphatic carboxylic acids is 1. The number of carbonyl (C=O) groups excluding carboxylic acids is 1. The lowest BCUT2D eigenvalue weighted by Crippen LogP contribution is -2.45. The zero-order valence-electron chi connectivity index (χ0n) is 27.1. The van der Waals surface area contributed by atoms with E-state index in [0.29, 0.717) is 35.8 Å². The van der Waals surface area contributed by atoms with Crippen LogP contribution in [0.15, 0.2) is 42.5 Å². The fourth-order valence-corrected chi connectivity index (χ4v) is 6.58. The van der Waals surface area contributed by atoms with Crippen LogP contribution in [0.3, 0.4) is 0 Å². The minimum Gasteiger partial charge on any atom is -0.480 e. The molecule has 2 aromatic carbocycles. The number of likely N-dealkylation sites (tertiary alicyclic amines) is 1. The number of aryl methyl sites for hydroxylation is 1. The van der Waals surface area contributed by atoms with Crippen molar-refractivity contribution >= 4 is 23.6 Å². The number of amides is 1. The molecule has 1 heterocycles. The number of nitrogens with zero attached hydrogens (tertiary/aromatic N) is 1. The number of benzene rings is 2. The van der Waals surface area contributed by atoms with E-state index < -0.39 is 12.0 Å². The second-order valence-electron chi connectivity index (χ2n) is 12.4. The molecule has 6 nitrogen and oxygen atoms in total. The van der Waals surface area contributed by atoms with Crippen LogP contribution in [0.1, 0.15) is 100 Å². The minimum atomic E-state index is -1.00. The summed E-state index contributed by atoms with van der Waals surface area (Å²) in [5, 5.41) is 12.5. The fraction of sp³-hybridized carbons (Fsp3) is 0.611. The lowest BCUT2D eigenvalue weighted by Gasteiger charge is -2.39. The lowest BCUT2D eigenvalue weighted by atomic mass is 9.91. The van der Waals surface area contributed by atoms with E-state index in [1.54, 1.807) is 11.8 Å². The zero-order valence-corrected chi connectivity index (χ0v) is 27.9. The van der Waals surface area contributed by atoms with Gasteiger partial charge in [0.1, 0.15) is 6.04 Å². The largest absolute Gasteiger partial charge is 0.480 e. The molecule has 238 valence electrons. The van der Waals surface area contributed by atoms with Crippen LogP contribution in [-0.4, -0.2) is 65.2 Å². The monoisotopic (exact) mass is 610 g/mol. The van der Waals surface area contributed by atoms with Crippen molar-refractivity contribution in [3.8, 4) is 11.1 Å². The molecular formula is C36H54N2O4S. The van der Waals surface area contributed by atoms with Gasteiger partial charge < -0.3 is 15.2 Å². The summed E-state index contributed by atoms with van der Waals surface area (Å²) in [5.74, 6) is -0.0392. The van der Waals surface area contributed by atoms with Crippen LogP contribution in [0.5, 0.6) is 0 Å². The van der Waals surface area contributed by atoms with Gasteiger partial charge in [0.05, 0.1) is 12.7 Å². The molecular weight excluding hydrogens is 556 g/mol. The Bertz CT molecular complexity index is 1150. The van der Waals surface area contributed by atoms with Crippen LogP contribution in [-0.2, 0) is 16.1 Å². The third kappa shape index (κ3) is 10.9. The quantitative estimate of drug-likeness (QED) is 0.254. The highest BCUT2D eigenvalue weighted by Gasteiger charge is 2.28. The van der Waals surface area contributed by atoms with Gasteiger partial charge >= 0.3 is 5.97 Å². The van der Waals surface area contributed by atoms with Crippen molar-refractivity contribution in [1.29, 1.82) is 0 Å². The van der Waals surface area contributed by atoms with Gasteiger partial charge in [-0.2, -0.15) is 11.8 Å². The Kier molecular flexibility index (Phi) is 15.1. The molecule has 1 amide bonds. The average Bonchev–Trinajstić information content (AvgIpc) is 3.00. The maximum atomic E-state index is 13.5. The summed E-state index contributed by atoms with van der Waals surface area (Å²) in [5.41, 5.74) is 4.59. The van der Waals surface area contributed by atoms with Gasteiger partial charge in [-0.3, -0.25) is 9.69 Å². The molecule has 1 saturated heterocycles. The van der Waals surface area contributed by atoms with Crippen molar-refractivity contribution in [3.63, 3.8) is 0 Å². The highest BCUT2D eigenvalue weighted by molar-refractivity contribution is 7.98. The summed E-state index contributed by atoms with van der Waals surface area (Å²) in [6.07, 6.45) is 12.6. The second kappa shape index (κ2) is 18.5. The number of rotatable bonds is 12. The molecule has 3 unspecified atom stereocenters. The van der Waals surface area contributed by atoms with Crippen LogP contribution < -0.4 is 5.32 Å². The molecule has 2 aromatic rings. The summed E-state index contributed by atoms with van der Waals surface area (Å²) in [6, 6.07) is 13.6. The van der Waals surface area contributed by atoms with E-state index in [9.17, 15) is 14.7 Å². The maximum absolute atomic E-state index is 13.5. The normalized spacial score (nSPS) is 20.1. The van der Waals surface area contributed by atoms with Crippen molar-refractivity contribution in [1.82, 2.24) is 10.2 Å². The Labute approximate surface area is 264 Å². The van der Waals surface area contributed by atoms with E-state index in [2.05, 4.69) is 37.1 Å². The molecule has 43 heavy (non-hydrogen) atoms. The van der Waals surface area contributed by atoms with E-state index >= 15 is 0 Å². The van der Waals surface area contributed by atoms with Crippen molar-refractivity contribution < 1.29 is 19.4 Å². The van der Waals surface area contributed by atoms with Gasteiger partial charge in [0.15, 0.2) is 0 Å². The molecule has 3 atom stereocenters. The average molecular weight is 611 g/mol. The fourth-order valence-electron chi connectivity index (χ4n) is 6.11. The lowest BCUT2D eigenvalue weighted by molar-refractivity contribution is -0.139. The number of ether oxygens (including phenoxy) is 1. The standard InChI is InChI=1S/C33H46N2O4S.C3H8/c1-23-13-15-26(22-39-27-10-5-4-6-11-27)35(20-23)21-25-14-16-29(30(19-25)28-12-8-7-9-24(28)2)32(36)34-31(33(37)38)17-18-40-3;1-3-2/h7-9,12,14,16,19,23,26-27,31H,4-6,10-11,13,15,17-18,20-22H2,1-3H3,(H,34,36)(H,37,38);3H2,1-2H3. The molecule has 4 rings (SSSR count). The molecule has 0 spiro atoms. The SMILES string of the molecule is CCC.CSCCC(NC(=O)c1ccc(CN2CC(C)CCC2COC2CCCCC2)cc1-c1ccccc1C)C(=O)O. The summed E-state index contributed by atoms with van der Waals surface area (Å²) < 4.78 is 6.43. The number of thioether (sulfide) groups is 1. The van der Waals surface area contributed by atoms with Crippen molar-refractivity contribution in [2.75, 3.05) is 25.2 Å². The minimum absolute atomic E-state index is 0.344. The van der Waals surface area contributed by atoms with Crippen LogP contribution in [0.25, 0.3) is 11.1 Å². The molecule has 7 heteroatoms. The maximum Gasteiger partial charge on any atom is 0.326 e. The first-order chi connectivity index (χ1) is 20.8. The van der Waals surface area contributed by atoms with E-state index in [1.165, 1.54) is 44.9 Å². The van der Waals surface area contributed by atoms with E-state index in [-0.39, 0.29) is 5.91 Å². The number of hydrogen-bond acceptors (Lipinski definition) is 5. The van der Waals surface area contributed by atoms with Crippen molar-refractivity contribution in [3.05, 3.63) is 59.2 Å². The van der Waals surface area contributed by atoms with Gasteiger partial charge in [0.25, 0.3) is 5.91 Å². The number of hydrogen-bond donors (Lipinski definition) is 2. The Morgan fingerprint density at radius 1 is 1.05 bits per heavy atom. The Morgan fingerprint density at radius 3 is 2.44 bits per heavy atom. The first kappa shape index (κ1) is 35.1. The Hall–Kier alpha value is -2.35. The van der Waals surface area contributed by atoms with Gasteiger partial charge in [-0.25, -0.2) is 4.79 Å². The van der Waals surface area contributed by atoms with Crippen molar-refractivity contribution in [2.45, 2.75) is 110 Å². The molecule has 0 radical (unpaired) electrons. The summed E-state index contributed by atoms with van der Waals surface area (Å²) in [4.78, 5) is 27.8. The van der Waals surface area contributed by atoms with E-state index in [4.69, 9.17) is 4.74 Å². The highest BCUT2D eigenvalue weighted by Crippen LogP contribution is 2.31. The smallest absolute Gasteiger partial charge is 0.326 e. The first-order valence-corrected chi connectivity index (χ1v) is 17.7. The van der Waals surface area contributed by atoms with Crippen LogP contribution in [0.4, 0.5) is 0 Å². The highest BCUT2D eigenvalue weighted by atomic mass is 32.2. The van der Waals surface area contributed by atoms with Crippen molar-refractivity contribution in [2.24, 2.45) is 5.92 Å². The first-order valence-electron chi connectivity index (χ1n) is 16.3. The Morgan fingerprint density at radius 2 is 1.77 bits per heavy atom. The molecule has 1 aliphatic heterocycles. The predicted molar refractivity (Wildman–Crippen MR) is 180 cm³/mol. The molecule has 2 N–H and O–H groups in total. The third-order valence-corrected chi connectivity index (χ3v) is 9.14. The van der Waals surface area contributed by atoms with Crippen LogP contribution in [0, 0.1) is 12.8 Å². The Balaban J connectivity index is 0.00000162. The second-order valence-corrected chi connectivity index (χ2v) is 13.4. The van der Waals surface area contributed by atoms with Gasteiger partial charge in [-0.1, -0.05) is 76.8 Å². The molecule has 2 aliphatic rings. The summed E-state index contributed by atoms with van der Waals surface area (Å²) in [7, 11) is 0. The molecule has 0 aromatic heterocycles. The van der Waals surface area contributed by atoms with Crippen LogP contribution in [0.2, 0.25) is 0 Å². The predicted octanol–water partition coefficient (Wildman–Crippen LogP) is 7.96. The number of carboxylic acid groups (broad SMARTS) is 1. The number of nitrogens with one attached hydrogen (secondary N) is 1. The van der Waals surface area contributed by atoms with Crippen LogP contribution >= 0.6 is 11.8 Å². The topological polar surface area (TPSA) is 78.9 Å². The molecule has 0 bridgehead atoms. The van der Waals surface area contributed by atoms with Gasteiger partial charge in [0.2, 0.25) is 0 Å². The molecule has 1 saturated carbocycles. The van der Waals surface area contributed by atoms with Gasteiger partial charge in [0, 0.05) is 24.7 Å². The number of carboxylic acids is 1. The van der Waals surface area contributed by atoms with E-state index in [1.807, 2.05) is 49.6 Å². The van der Waals surface area contributed by atoms with Gasteiger partial charge in [-0.05, 0) is 91.3 Å².